The van der Waals surface area contributed by atoms with E-state index in [9.17, 15) is 5.11 Å². The zero-order valence-corrected chi connectivity index (χ0v) is 15.0. The molecule has 0 aliphatic rings. The summed E-state index contributed by atoms with van der Waals surface area (Å²) in [5.74, 6) is 0.527. The summed E-state index contributed by atoms with van der Waals surface area (Å²) in [7, 11) is 0. The summed E-state index contributed by atoms with van der Waals surface area (Å²) in [6, 6.07) is 4.01. The van der Waals surface area contributed by atoms with Crippen LogP contribution in [-0.4, -0.2) is 40.0 Å². The van der Waals surface area contributed by atoms with Gasteiger partial charge in [-0.15, -0.1) is 0 Å². The van der Waals surface area contributed by atoms with Crippen LogP contribution in [0.2, 0.25) is 5.02 Å². The number of nitrogens with zero attached hydrogens (tertiary/aromatic N) is 2. The Morgan fingerprint density at radius 3 is 2.83 bits per heavy atom. The Hall–Kier alpha value is -1.82. The van der Waals surface area contributed by atoms with E-state index >= 15 is 0 Å². The van der Waals surface area contributed by atoms with Gasteiger partial charge in [-0.05, 0) is 18.6 Å². The molecule has 1 aromatic heterocycles. The predicted octanol–water partition coefficient (Wildman–Crippen LogP) is 3.10. The molecule has 0 saturated carbocycles. The number of aliphatic hydroxyl groups excluding tert-OH is 1. The minimum Gasteiger partial charge on any atom is -0.489 e. The summed E-state index contributed by atoms with van der Waals surface area (Å²) < 4.78 is 7.65. The van der Waals surface area contributed by atoms with Gasteiger partial charge in [-0.25, -0.2) is 4.98 Å². The molecule has 0 aliphatic carbocycles. The number of rotatable bonds is 8. The topological polar surface area (TPSA) is 59.3 Å². The molecule has 1 unspecified atom stereocenters. The molecule has 5 nitrogen and oxygen atoms in total. The minimum absolute atomic E-state index is 0.146. The van der Waals surface area contributed by atoms with Crippen molar-refractivity contribution >= 4 is 17.3 Å². The van der Waals surface area contributed by atoms with Crippen LogP contribution in [0.3, 0.4) is 0 Å². The lowest BCUT2D eigenvalue weighted by Gasteiger charge is -2.20. The van der Waals surface area contributed by atoms with E-state index < -0.39 is 6.10 Å². The standard InChI is InChI=1S/C18H24ClN3O2/c1-12(2)21-9-15(23)10-24-18-16(19)6-5-13(3)17(18)14(4)22-8-7-20-11-22/h5-8,11-12,15,21,23H,4,9-10H2,1-3H3. The molecule has 130 valence electrons. The maximum Gasteiger partial charge on any atom is 0.147 e. The normalized spacial score (nSPS) is 12.4. The summed E-state index contributed by atoms with van der Waals surface area (Å²) >= 11 is 6.33. The molecule has 1 aromatic carbocycles. The van der Waals surface area contributed by atoms with Crippen LogP contribution in [0.5, 0.6) is 5.75 Å². The lowest BCUT2D eigenvalue weighted by molar-refractivity contribution is 0.104. The van der Waals surface area contributed by atoms with Crippen LogP contribution in [0.25, 0.3) is 5.70 Å². The predicted molar refractivity (Wildman–Crippen MR) is 97.5 cm³/mol. The lowest BCUT2D eigenvalue weighted by atomic mass is 10.0. The molecule has 0 aliphatic heterocycles. The molecule has 6 heteroatoms. The quantitative estimate of drug-likeness (QED) is 0.768. The van der Waals surface area contributed by atoms with Crippen LogP contribution in [0.15, 0.2) is 37.4 Å². The molecule has 2 rings (SSSR count). The molecule has 2 aromatic rings. The SMILES string of the molecule is C=C(c1c(C)ccc(Cl)c1OCC(O)CNC(C)C)n1ccnc1. The number of halogens is 1. The van der Waals surface area contributed by atoms with Gasteiger partial charge in [0.25, 0.3) is 0 Å². The first-order chi connectivity index (χ1) is 11.4. The fourth-order valence-corrected chi connectivity index (χ4v) is 2.53. The number of nitrogens with one attached hydrogen (secondary N) is 1. The first kappa shape index (κ1) is 18.5. The molecule has 1 heterocycles. The number of aromatic nitrogens is 2. The van der Waals surface area contributed by atoms with Crippen molar-refractivity contribution in [1.82, 2.24) is 14.9 Å². The third-order valence-electron chi connectivity index (χ3n) is 3.60. The van der Waals surface area contributed by atoms with Gasteiger partial charge < -0.3 is 19.7 Å². The highest BCUT2D eigenvalue weighted by Gasteiger charge is 2.17. The Morgan fingerprint density at radius 2 is 2.21 bits per heavy atom. The molecule has 0 amide bonds. The van der Waals surface area contributed by atoms with Crippen molar-refractivity contribution in [3.8, 4) is 5.75 Å². The van der Waals surface area contributed by atoms with Gasteiger partial charge in [-0.3, -0.25) is 0 Å². The third kappa shape index (κ3) is 4.60. The lowest BCUT2D eigenvalue weighted by Crippen LogP contribution is -2.35. The fraction of sp³-hybridized carbons (Fsp3) is 0.389. The second-order valence-corrected chi connectivity index (χ2v) is 6.42. The molecular formula is C18H24ClN3O2. The molecule has 0 radical (unpaired) electrons. The first-order valence-electron chi connectivity index (χ1n) is 7.91. The smallest absolute Gasteiger partial charge is 0.147 e. The van der Waals surface area contributed by atoms with E-state index in [1.807, 2.05) is 37.6 Å². The Kier molecular flexibility index (Phi) is 6.43. The van der Waals surface area contributed by atoms with Crippen molar-refractivity contribution < 1.29 is 9.84 Å². The molecule has 2 N–H and O–H groups in total. The van der Waals surface area contributed by atoms with Crippen molar-refractivity contribution in [2.24, 2.45) is 0 Å². The highest BCUT2D eigenvalue weighted by Crippen LogP contribution is 2.36. The van der Waals surface area contributed by atoms with Gasteiger partial charge in [0.15, 0.2) is 0 Å². The van der Waals surface area contributed by atoms with E-state index in [2.05, 4.69) is 16.9 Å². The Balaban J connectivity index is 2.20. The number of hydrogen-bond acceptors (Lipinski definition) is 4. The number of ether oxygens (including phenoxy) is 1. The van der Waals surface area contributed by atoms with Gasteiger partial charge in [-0.2, -0.15) is 0 Å². The minimum atomic E-state index is -0.627. The number of aliphatic hydroxyl groups is 1. The van der Waals surface area contributed by atoms with E-state index in [-0.39, 0.29) is 6.61 Å². The van der Waals surface area contributed by atoms with Crippen molar-refractivity contribution in [3.05, 3.63) is 53.6 Å². The molecule has 0 spiro atoms. The van der Waals surface area contributed by atoms with E-state index in [0.29, 0.717) is 23.4 Å². The number of benzene rings is 1. The largest absolute Gasteiger partial charge is 0.489 e. The van der Waals surface area contributed by atoms with Crippen LogP contribution < -0.4 is 10.1 Å². The van der Waals surface area contributed by atoms with Crippen molar-refractivity contribution in [2.75, 3.05) is 13.2 Å². The van der Waals surface area contributed by atoms with Crippen molar-refractivity contribution in [1.29, 1.82) is 0 Å². The number of aryl methyl sites for hydroxylation is 1. The van der Waals surface area contributed by atoms with Crippen LogP contribution in [0.4, 0.5) is 0 Å². The highest BCUT2D eigenvalue weighted by atomic mass is 35.5. The van der Waals surface area contributed by atoms with Crippen molar-refractivity contribution in [3.63, 3.8) is 0 Å². The van der Waals surface area contributed by atoms with E-state index in [1.54, 1.807) is 18.6 Å². The van der Waals surface area contributed by atoms with Gasteiger partial charge in [0, 0.05) is 30.5 Å². The molecule has 0 saturated heterocycles. The van der Waals surface area contributed by atoms with E-state index in [0.717, 1.165) is 16.8 Å². The first-order valence-corrected chi connectivity index (χ1v) is 8.29. The maximum absolute atomic E-state index is 10.1. The van der Waals surface area contributed by atoms with Crippen molar-refractivity contribution in [2.45, 2.75) is 32.9 Å². The third-order valence-corrected chi connectivity index (χ3v) is 3.90. The van der Waals surface area contributed by atoms with Crippen LogP contribution in [0.1, 0.15) is 25.0 Å². The molecule has 0 fully saturated rings. The molecular weight excluding hydrogens is 326 g/mol. The van der Waals surface area contributed by atoms with Crippen LogP contribution in [0, 0.1) is 6.92 Å². The highest BCUT2D eigenvalue weighted by molar-refractivity contribution is 6.32. The average molecular weight is 350 g/mol. The summed E-state index contributed by atoms with van der Waals surface area (Å²) in [6.07, 6.45) is 4.55. The summed E-state index contributed by atoms with van der Waals surface area (Å²) in [4.78, 5) is 4.05. The number of imidazole rings is 1. The fourth-order valence-electron chi connectivity index (χ4n) is 2.31. The average Bonchev–Trinajstić information content (AvgIpc) is 3.07. The van der Waals surface area contributed by atoms with E-state index in [1.165, 1.54) is 0 Å². The second kappa shape index (κ2) is 8.33. The molecule has 0 bridgehead atoms. The molecule has 24 heavy (non-hydrogen) atoms. The Morgan fingerprint density at radius 1 is 1.46 bits per heavy atom. The zero-order chi connectivity index (χ0) is 17.7. The van der Waals surface area contributed by atoms with Gasteiger partial charge in [0.2, 0.25) is 0 Å². The summed E-state index contributed by atoms with van der Waals surface area (Å²) in [5.41, 5.74) is 2.52. The zero-order valence-electron chi connectivity index (χ0n) is 14.3. The monoisotopic (exact) mass is 349 g/mol. The summed E-state index contributed by atoms with van der Waals surface area (Å²) in [6.45, 7) is 10.8. The maximum atomic E-state index is 10.1. The van der Waals surface area contributed by atoms with Gasteiger partial charge in [-0.1, -0.05) is 38.1 Å². The van der Waals surface area contributed by atoms with Crippen LogP contribution in [-0.2, 0) is 0 Å². The van der Waals surface area contributed by atoms with Gasteiger partial charge in [0.1, 0.15) is 18.5 Å². The number of hydrogen-bond donors (Lipinski definition) is 2. The molecule has 1 atom stereocenters. The Bertz CT molecular complexity index is 684. The second-order valence-electron chi connectivity index (χ2n) is 6.01. The Labute approximate surface area is 147 Å². The van der Waals surface area contributed by atoms with E-state index in [4.69, 9.17) is 16.3 Å². The summed E-state index contributed by atoms with van der Waals surface area (Å²) in [5, 5.41) is 13.7. The van der Waals surface area contributed by atoms with Crippen LogP contribution >= 0.6 is 11.6 Å². The van der Waals surface area contributed by atoms with Gasteiger partial charge >= 0.3 is 0 Å². The van der Waals surface area contributed by atoms with Gasteiger partial charge in [0.05, 0.1) is 17.0 Å².